The molecule has 0 aromatic carbocycles. The fourth-order valence-corrected chi connectivity index (χ4v) is 4.87. The molecule has 0 radical (unpaired) electrons. The van der Waals surface area contributed by atoms with Crippen LogP contribution in [0.3, 0.4) is 0 Å². The zero-order valence-corrected chi connectivity index (χ0v) is 13.6. The normalized spacial score (nSPS) is 26.4. The smallest absolute Gasteiger partial charge is 0.214 e. The summed E-state index contributed by atoms with van der Waals surface area (Å²) in [6, 6.07) is 0. The molecule has 0 amide bonds. The Balaban J connectivity index is 1.77. The molecule has 2 aliphatic heterocycles. The summed E-state index contributed by atoms with van der Waals surface area (Å²) in [5.41, 5.74) is 0. The zero-order valence-electron chi connectivity index (χ0n) is 12.8. The van der Waals surface area contributed by atoms with Crippen molar-refractivity contribution >= 4 is 10.0 Å². The molecule has 2 saturated heterocycles. The number of hydrogen-bond donors (Lipinski definition) is 0. The molecule has 0 N–H and O–H groups in total. The molecule has 6 heteroatoms. The highest BCUT2D eigenvalue weighted by molar-refractivity contribution is 7.89. The van der Waals surface area contributed by atoms with E-state index in [2.05, 4.69) is 19.0 Å². The van der Waals surface area contributed by atoms with Crippen LogP contribution in [0.5, 0.6) is 0 Å². The fourth-order valence-electron chi connectivity index (χ4n) is 3.03. The van der Waals surface area contributed by atoms with E-state index < -0.39 is 10.0 Å². The average molecular weight is 304 g/mol. The Hall–Kier alpha value is -0.170. The van der Waals surface area contributed by atoms with Crippen molar-refractivity contribution in [2.75, 3.05) is 52.7 Å². The quantitative estimate of drug-likeness (QED) is 0.735. The van der Waals surface area contributed by atoms with Crippen molar-refractivity contribution < 1.29 is 13.2 Å². The Labute approximate surface area is 123 Å². The molecule has 20 heavy (non-hydrogen) atoms. The maximum atomic E-state index is 12.4. The van der Waals surface area contributed by atoms with Crippen molar-refractivity contribution in [1.29, 1.82) is 0 Å². The van der Waals surface area contributed by atoms with Gasteiger partial charge in [0.1, 0.15) is 0 Å². The van der Waals surface area contributed by atoms with Gasteiger partial charge >= 0.3 is 0 Å². The van der Waals surface area contributed by atoms with Gasteiger partial charge in [-0.1, -0.05) is 0 Å². The van der Waals surface area contributed by atoms with Crippen molar-refractivity contribution in [3.8, 4) is 0 Å². The summed E-state index contributed by atoms with van der Waals surface area (Å²) in [5, 5.41) is 0. The van der Waals surface area contributed by atoms with E-state index in [1.54, 1.807) is 4.31 Å². The van der Waals surface area contributed by atoms with Crippen molar-refractivity contribution in [2.24, 2.45) is 11.8 Å². The van der Waals surface area contributed by atoms with Gasteiger partial charge < -0.3 is 9.64 Å². The molecule has 5 nitrogen and oxygen atoms in total. The van der Waals surface area contributed by atoms with Gasteiger partial charge in [0.25, 0.3) is 0 Å². The molecular weight excluding hydrogens is 276 g/mol. The molecule has 0 aromatic rings. The number of piperidine rings is 1. The summed E-state index contributed by atoms with van der Waals surface area (Å²) < 4.78 is 31.7. The van der Waals surface area contributed by atoms with E-state index in [-0.39, 0.29) is 11.7 Å². The molecule has 2 fully saturated rings. The average Bonchev–Trinajstić information content (AvgIpc) is 2.89. The van der Waals surface area contributed by atoms with Crippen LogP contribution >= 0.6 is 0 Å². The monoisotopic (exact) mass is 304 g/mol. The van der Waals surface area contributed by atoms with Crippen LogP contribution < -0.4 is 0 Å². The summed E-state index contributed by atoms with van der Waals surface area (Å²) >= 11 is 0. The third kappa shape index (κ3) is 4.69. The Kier molecular flexibility index (Phi) is 5.84. The molecule has 2 heterocycles. The zero-order chi connectivity index (χ0) is 14.6. The number of nitrogens with zero attached hydrogens (tertiary/aromatic N) is 2. The standard InChI is InChI=1S/C14H28N2O3S/c1-15(2)7-3-13-4-8-16(9-5-13)20(17,18)12-14-6-10-19-11-14/h13-14H,3-12H2,1-2H3. The van der Waals surface area contributed by atoms with Crippen molar-refractivity contribution in [3.05, 3.63) is 0 Å². The third-order valence-electron chi connectivity index (χ3n) is 4.42. The van der Waals surface area contributed by atoms with Gasteiger partial charge in [0.15, 0.2) is 0 Å². The van der Waals surface area contributed by atoms with E-state index in [0.717, 1.165) is 25.8 Å². The second-order valence-corrected chi connectivity index (χ2v) is 8.46. The predicted octanol–water partition coefficient (Wildman–Crippen LogP) is 1.02. The molecule has 1 unspecified atom stereocenters. The van der Waals surface area contributed by atoms with Crippen molar-refractivity contribution in [3.63, 3.8) is 0 Å². The summed E-state index contributed by atoms with van der Waals surface area (Å²) in [7, 11) is 1.09. The van der Waals surface area contributed by atoms with Crippen LogP contribution in [-0.2, 0) is 14.8 Å². The van der Waals surface area contributed by atoms with Crippen molar-refractivity contribution in [2.45, 2.75) is 25.7 Å². The summed E-state index contributed by atoms with van der Waals surface area (Å²) in [6.07, 6.45) is 4.08. The number of hydrogen-bond acceptors (Lipinski definition) is 4. The maximum Gasteiger partial charge on any atom is 0.214 e. The van der Waals surface area contributed by atoms with E-state index in [1.807, 2.05) is 0 Å². The Morgan fingerprint density at radius 3 is 2.40 bits per heavy atom. The van der Waals surface area contributed by atoms with Crippen LogP contribution in [-0.4, -0.2) is 70.3 Å². The molecule has 1 atom stereocenters. The minimum absolute atomic E-state index is 0.200. The van der Waals surface area contributed by atoms with Gasteiger partial charge in [0.2, 0.25) is 10.0 Å². The van der Waals surface area contributed by atoms with Gasteiger partial charge in [0, 0.05) is 19.7 Å². The molecule has 0 aliphatic carbocycles. The minimum atomic E-state index is -3.08. The highest BCUT2D eigenvalue weighted by Gasteiger charge is 2.31. The minimum Gasteiger partial charge on any atom is -0.381 e. The van der Waals surface area contributed by atoms with Crippen molar-refractivity contribution in [1.82, 2.24) is 9.21 Å². The summed E-state index contributed by atoms with van der Waals surface area (Å²) in [6.45, 7) is 3.82. The highest BCUT2D eigenvalue weighted by Crippen LogP contribution is 2.24. The lowest BCUT2D eigenvalue weighted by Crippen LogP contribution is -2.41. The molecule has 0 saturated carbocycles. The Morgan fingerprint density at radius 1 is 1.15 bits per heavy atom. The van der Waals surface area contributed by atoms with Crippen LogP contribution in [0.4, 0.5) is 0 Å². The number of ether oxygens (including phenoxy) is 1. The van der Waals surface area contributed by atoms with Gasteiger partial charge in [-0.3, -0.25) is 0 Å². The van der Waals surface area contributed by atoms with Crippen LogP contribution in [0.1, 0.15) is 25.7 Å². The number of sulfonamides is 1. The molecule has 0 aromatic heterocycles. The molecule has 2 rings (SSSR count). The lowest BCUT2D eigenvalue weighted by Gasteiger charge is -2.32. The van der Waals surface area contributed by atoms with Crippen LogP contribution in [0, 0.1) is 11.8 Å². The third-order valence-corrected chi connectivity index (χ3v) is 6.47. The fraction of sp³-hybridized carbons (Fsp3) is 1.00. The van der Waals surface area contributed by atoms with E-state index >= 15 is 0 Å². The SMILES string of the molecule is CN(C)CCC1CCN(S(=O)(=O)CC2CCOC2)CC1. The molecule has 2 aliphatic rings. The topological polar surface area (TPSA) is 49.9 Å². The first-order valence-corrected chi connectivity index (χ1v) is 9.28. The van der Waals surface area contributed by atoms with E-state index in [1.165, 1.54) is 6.42 Å². The lowest BCUT2D eigenvalue weighted by atomic mass is 9.94. The highest BCUT2D eigenvalue weighted by atomic mass is 32.2. The van der Waals surface area contributed by atoms with E-state index in [9.17, 15) is 8.42 Å². The molecule has 118 valence electrons. The van der Waals surface area contributed by atoms with Crippen LogP contribution in [0.25, 0.3) is 0 Å². The van der Waals surface area contributed by atoms with Gasteiger partial charge in [-0.05, 0) is 58.2 Å². The lowest BCUT2D eigenvalue weighted by molar-refractivity contribution is 0.188. The van der Waals surface area contributed by atoms with Gasteiger partial charge in [0.05, 0.1) is 12.4 Å². The van der Waals surface area contributed by atoms with Gasteiger partial charge in [-0.2, -0.15) is 0 Å². The predicted molar refractivity (Wildman–Crippen MR) is 80.2 cm³/mol. The second-order valence-electron chi connectivity index (χ2n) is 6.44. The van der Waals surface area contributed by atoms with E-state index in [0.29, 0.717) is 32.2 Å². The molecule has 0 spiro atoms. The first-order chi connectivity index (χ1) is 9.47. The first kappa shape index (κ1) is 16.2. The molecular formula is C14H28N2O3S. The maximum absolute atomic E-state index is 12.4. The summed E-state index contributed by atoms with van der Waals surface area (Å²) in [4.78, 5) is 2.20. The van der Waals surface area contributed by atoms with Crippen LogP contribution in [0.15, 0.2) is 0 Å². The second kappa shape index (κ2) is 7.20. The first-order valence-electron chi connectivity index (χ1n) is 7.67. The largest absolute Gasteiger partial charge is 0.381 e. The van der Waals surface area contributed by atoms with Gasteiger partial charge in [-0.15, -0.1) is 0 Å². The van der Waals surface area contributed by atoms with Gasteiger partial charge in [-0.25, -0.2) is 12.7 Å². The Bertz CT molecular complexity index is 383. The number of rotatable bonds is 6. The Morgan fingerprint density at radius 2 is 1.85 bits per heavy atom. The van der Waals surface area contributed by atoms with Crippen LogP contribution in [0.2, 0.25) is 0 Å². The molecule has 0 bridgehead atoms. The van der Waals surface area contributed by atoms with E-state index in [4.69, 9.17) is 4.74 Å². The summed E-state index contributed by atoms with van der Waals surface area (Å²) in [5.74, 6) is 1.15.